The van der Waals surface area contributed by atoms with E-state index in [0.717, 1.165) is 22.5 Å². The number of rotatable bonds is 4. The first-order valence-corrected chi connectivity index (χ1v) is 9.84. The summed E-state index contributed by atoms with van der Waals surface area (Å²) in [4.78, 5) is 11.6. The number of ether oxygens (including phenoxy) is 1. The van der Waals surface area contributed by atoms with Gasteiger partial charge in [-0.2, -0.15) is 17.5 Å². The van der Waals surface area contributed by atoms with Crippen LogP contribution in [0.1, 0.15) is 25.3 Å². The fourth-order valence-corrected chi connectivity index (χ4v) is 5.20. The SMILES string of the molecule is CCOC(=O)[C@@H]1CCCN(S(=O)(=O)c2ccc(C(F)(F)F)cc2Br)C1. The van der Waals surface area contributed by atoms with Gasteiger partial charge in [0, 0.05) is 17.6 Å². The topological polar surface area (TPSA) is 63.7 Å². The zero-order valence-electron chi connectivity index (χ0n) is 13.3. The summed E-state index contributed by atoms with van der Waals surface area (Å²) in [6, 6.07) is 2.39. The Kier molecular flexibility index (Phi) is 6.16. The second-order valence-electron chi connectivity index (χ2n) is 5.60. The van der Waals surface area contributed by atoms with Crippen molar-refractivity contribution in [1.29, 1.82) is 0 Å². The van der Waals surface area contributed by atoms with Gasteiger partial charge in [-0.3, -0.25) is 4.79 Å². The number of sulfonamides is 1. The van der Waals surface area contributed by atoms with Gasteiger partial charge in [0.1, 0.15) is 0 Å². The Balaban J connectivity index is 2.28. The predicted octanol–water partition coefficient (Wildman–Crippen LogP) is 3.43. The van der Waals surface area contributed by atoms with Crippen molar-refractivity contribution in [3.8, 4) is 0 Å². The number of esters is 1. The smallest absolute Gasteiger partial charge is 0.416 e. The summed E-state index contributed by atoms with van der Waals surface area (Å²) in [6.07, 6.45) is -3.58. The average molecular weight is 444 g/mol. The second kappa shape index (κ2) is 7.63. The lowest BCUT2D eigenvalue weighted by Gasteiger charge is -2.31. The summed E-state index contributed by atoms with van der Waals surface area (Å²) >= 11 is 2.91. The van der Waals surface area contributed by atoms with Crippen LogP contribution in [0.5, 0.6) is 0 Å². The minimum absolute atomic E-state index is 0.0470. The van der Waals surface area contributed by atoms with Crippen molar-refractivity contribution >= 4 is 31.9 Å². The van der Waals surface area contributed by atoms with Crippen LogP contribution in [0.25, 0.3) is 0 Å². The van der Waals surface area contributed by atoms with Crippen molar-refractivity contribution in [2.45, 2.75) is 30.8 Å². The number of halogens is 4. The molecule has 0 unspecified atom stereocenters. The van der Waals surface area contributed by atoms with Crippen LogP contribution in [0.2, 0.25) is 0 Å². The maximum atomic E-state index is 12.8. The van der Waals surface area contributed by atoms with Gasteiger partial charge in [-0.25, -0.2) is 8.42 Å². The van der Waals surface area contributed by atoms with Gasteiger partial charge in [-0.15, -0.1) is 0 Å². The molecule has 25 heavy (non-hydrogen) atoms. The Morgan fingerprint density at radius 2 is 2.08 bits per heavy atom. The summed E-state index contributed by atoms with van der Waals surface area (Å²) in [6.45, 7) is 2.02. The van der Waals surface area contributed by atoms with E-state index in [1.807, 2.05) is 0 Å². The molecule has 0 bridgehead atoms. The van der Waals surface area contributed by atoms with Crippen LogP contribution in [0, 0.1) is 5.92 Å². The first-order chi connectivity index (χ1) is 11.6. The molecule has 0 aromatic heterocycles. The number of carbonyl (C=O) groups is 1. The fourth-order valence-electron chi connectivity index (χ4n) is 2.64. The molecule has 5 nitrogen and oxygen atoms in total. The third-order valence-corrected chi connectivity index (χ3v) is 6.72. The molecule has 10 heteroatoms. The quantitative estimate of drug-likeness (QED) is 0.668. The number of alkyl halides is 3. The van der Waals surface area contributed by atoms with E-state index in [2.05, 4.69) is 15.9 Å². The molecule has 0 N–H and O–H groups in total. The first-order valence-electron chi connectivity index (χ1n) is 7.61. The Morgan fingerprint density at radius 1 is 1.40 bits per heavy atom. The zero-order valence-corrected chi connectivity index (χ0v) is 15.7. The molecule has 1 fully saturated rings. The minimum atomic E-state index is -4.56. The maximum absolute atomic E-state index is 12.8. The van der Waals surface area contributed by atoms with Gasteiger partial charge in [-0.05, 0) is 53.9 Å². The van der Waals surface area contributed by atoms with Gasteiger partial charge in [0.15, 0.2) is 0 Å². The minimum Gasteiger partial charge on any atom is -0.466 e. The molecule has 1 atom stereocenters. The number of carbonyl (C=O) groups excluding carboxylic acids is 1. The van der Waals surface area contributed by atoms with E-state index in [4.69, 9.17) is 4.74 Å². The van der Waals surface area contributed by atoms with Gasteiger partial charge >= 0.3 is 12.1 Å². The molecule has 1 aliphatic heterocycles. The Morgan fingerprint density at radius 3 is 2.64 bits per heavy atom. The summed E-state index contributed by atoms with van der Waals surface area (Å²) in [5, 5.41) is 0. The van der Waals surface area contributed by atoms with Crippen molar-refractivity contribution in [2.24, 2.45) is 5.92 Å². The summed E-state index contributed by atoms with van der Waals surface area (Å²) < 4.78 is 69.6. The molecule has 1 aromatic carbocycles. The molecule has 1 aliphatic rings. The van der Waals surface area contributed by atoms with Gasteiger partial charge in [-0.1, -0.05) is 0 Å². The van der Waals surface area contributed by atoms with Crippen LogP contribution >= 0.6 is 15.9 Å². The van der Waals surface area contributed by atoms with E-state index >= 15 is 0 Å². The van der Waals surface area contributed by atoms with Crippen LogP contribution < -0.4 is 0 Å². The number of nitrogens with zero attached hydrogens (tertiary/aromatic N) is 1. The lowest BCUT2D eigenvalue weighted by Crippen LogP contribution is -2.42. The highest BCUT2D eigenvalue weighted by atomic mass is 79.9. The second-order valence-corrected chi connectivity index (χ2v) is 8.36. The number of piperidine rings is 1. The van der Waals surface area contributed by atoms with E-state index in [-0.39, 0.29) is 29.1 Å². The maximum Gasteiger partial charge on any atom is 0.416 e. The van der Waals surface area contributed by atoms with Crippen molar-refractivity contribution < 1.29 is 31.1 Å². The lowest BCUT2D eigenvalue weighted by atomic mass is 10.0. The summed E-state index contributed by atoms with van der Waals surface area (Å²) in [5.74, 6) is -1.04. The Bertz CT molecular complexity index is 752. The van der Waals surface area contributed by atoms with E-state index in [1.54, 1.807) is 6.92 Å². The third-order valence-electron chi connectivity index (χ3n) is 3.88. The van der Waals surface area contributed by atoms with Crippen molar-refractivity contribution in [3.63, 3.8) is 0 Å². The monoisotopic (exact) mass is 443 g/mol. The molecular weight excluding hydrogens is 427 g/mol. The molecular formula is C15H17BrF3NO4S. The molecule has 0 saturated carbocycles. The van der Waals surface area contributed by atoms with Crippen molar-refractivity contribution in [3.05, 3.63) is 28.2 Å². The number of benzene rings is 1. The van der Waals surface area contributed by atoms with Crippen LogP contribution in [-0.4, -0.2) is 38.4 Å². The first kappa shape index (κ1) is 20.2. The van der Waals surface area contributed by atoms with E-state index < -0.39 is 33.7 Å². The van der Waals surface area contributed by atoms with Crippen molar-refractivity contribution in [2.75, 3.05) is 19.7 Å². The molecule has 2 rings (SSSR count). The van der Waals surface area contributed by atoms with Gasteiger partial charge in [0.05, 0.1) is 23.0 Å². The molecule has 1 aromatic rings. The predicted molar refractivity (Wildman–Crippen MR) is 87.3 cm³/mol. The highest BCUT2D eigenvalue weighted by Gasteiger charge is 2.36. The summed E-state index contributed by atoms with van der Waals surface area (Å²) in [7, 11) is -4.03. The Hall–Kier alpha value is -1.13. The average Bonchev–Trinajstić information content (AvgIpc) is 2.54. The van der Waals surface area contributed by atoms with Crippen molar-refractivity contribution in [1.82, 2.24) is 4.31 Å². The van der Waals surface area contributed by atoms with E-state index in [0.29, 0.717) is 12.8 Å². The van der Waals surface area contributed by atoms with Crippen LogP contribution in [-0.2, 0) is 25.7 Å². The molecule has 0 amide bonds. The van der Waals surface area contributed by atoms with Crippen LogP contribution in [0.15, 0.2) is 27.6 Å². The molecule has 0 aliphatic carbocycles. The molecule has 0 spiro atoms. The third kappa shape index (κ3) is 4.53. The van der Waals surface area contributed by atoms with E-state index in [9.17, 15) is 26.4 Å². The molecule has 1 saturated heterocycles. The highest BCUT2D eigenvalue weighted by molar-refractivity contribution is 9.10. The molecule has 0 radical (unpaired) electrons. The standard InChI is InChI=1S/C15H17BrF3NO4S/c1-2-24-14(21)10-4-3-7-20(9-10)25(22,23)13-6-5-11(8-12(13)16)15(17,18)19/h5-6,8,10H,2-4,7,9H2,1H3/t10-/m1/s1. The van der Waals surface area contributed by atoms with Crippen LogP contribution in [0.3, 0.4) is 0 Å². The van der Waals surface area contributed by atoms with E-state index in [1.165, 1.54) is 0 Å². The zero-order chi connectivity index (χ0) is 18.8. The normalized spacial score (nSPS) is 19.6. The highest BCUT2D eigenvalue weighted by Crippen LogP contribution is 2.35. The Labute approximate surface area is 152 Å². The van der Waals surface area contributed by atoms with Gasteiger partial charge in [0.25, 0.3) is 0 Å². The largest absolute Gasteiger partial charge is 0.466 e. The van der Waals surface area contributed by atoms with Crippen LogP contribution in [0.4, 0.5) is 13.2 Å². The fraction of sp³-hybridized carbons (Fsp3) is 0.533. The van der Waals surface area contributed by atoms with Gasteiger partial charge in [0.2, 0.25) is 10.0 Å². The number of hydrogen-bond acceptors (Lipinski definition) is 4. The lowest BCUT2D eigenvalue weighted by molar-refractivity contribution is -0.149. The number of hydrogen-bond donors (Lipinski definition) is 0. The summed E-state index contributed by atoms with van der Waals surface area (Å²) in [5.41, 5.74) is -0.943. The molecule has 140 valence electrons. The molecule has 1 heterocycles. The van der Waals surface area contributed by atoms with Gasteiger partial charge < -0.3 is 4.74 Å².